The number of hydrogen-bond donors (Lipinski definition) is 2. The van der Waals surface area contributed by atoms with E-state index in [1.54, 1.807) is 11.8 Å². The molecule has 2 rings (SSSR count). The third kappa shape index (κ3) is 4.98. The number of halogens is 1. The first-order chi connectivity index (χ1) is 9.19. The molecule has 0 spiro atoms. The summed E-state index contributed by atoms with van der Waals surface area (Å²) in [4.78, 5) is 15.4. The fourth-order valence-electron chi connectivity index (χ4n) is 2.18. The SMILES string of the molecule is CSc1ccc(NC(=O)CN2CCNC[C@H]2C)cc1.Cl. The van der Waals surface area contributed by atoms with Gasteiger partial charge in [-0.25, -0.2) is 0 Å². The highest BCUT2D eigenvalue weighted by atomic mass is 35.5. The number of carbonyl (C=O) groups is 1. The van der Waals surface area contributed by atoms with Gasteiger partial charge in [0, 0.05) is 36.3 Å². The van der Waals surface area contributed by atoms with Crippen LogP contribution >= 0.6 is 24.2 Å². The van der Waals surface area contributed by atoms with Gasteiger partial charge < -0.3 is 10.6 Å². The number of carbonyl (C=O) groups excluding carboxylic acids is 1. The minimum absolute atomic E-state index is 0. The molecule has 1 aromatic rings. The average molecular weight is 316 g/mol. The molecule has 1 aliphatic heterocycles. The van der Waals surface area contributed by atoms with E-state index in [0.29, 0.717) is 12.6 Å². The molecule has 0 bridgehead atoms. The molecule has 1 saturated heterocycles. The lowest BCUT2D eigenvalue weighted by Gasteiger charge is -2.33. The van der Waals surface area contributed by atoms with Gasteiger partial charge >= 0.3 is 0 Å². The lowest BCUT2D eigenvalue weighted by atomic mass is 10.2. The largest absolute Gasteiger partial charge is 0.325 e. The lowest BCUT2D eigenvalue weighted by molar-refractivity contribution is -0.118. The molecule has 1 atom stereocenters. The van der Waals surface area contributed by atoms with Gasteiger partial charge in [0.1, 0.15) is 0 Å². The number of anilines is 1. The van der Waals surface area contributed by atoms with E-state index in [-0.39, 0.29) is 18.3 Å². The highest BCUT2D eigenvalue weighted by Gasteiger charge is 2.20. The van der Waals surface area contributed by atoms with E-state index in [0.717, 1.165) is 25.3 Å². The Morgan fingerprint density at radius 3 is 2.75 bits per heavy atom. The number of piperazine rings is 1. The lowest BCUT2D eigenvalue weighted by Crippen LogP contribution is -2.51. The summed E-state index contributed by atoms with van der Waals surface area (Å²) in [6.45, 7) is 5.45. The maximum absolute atomic E-state index is 12.0. The number of amides is 1. The third-order valence-corrected chi connectivity index (χ3v) is 4.10. The molecular formula is C14H22ClN3OS. The number of rotatable bonds is 4. The minimum Gasteiger partial charge on any atom is -0.325 e. The topological polar surface area (TPSA) is 44.4 Å². The summed E-state index contributed by atoms with van der Waals surface area (Å²) in [5.74, 6) is 0.0608. The average Bonchev–Trinajstić information content (AvgIpc) is 2.42. The predicted molar refractivity (Wildman–Crippen MR) is 88.0 cm³/mol. The molecular weight excluding hydrogens is 294 g/mol. The second-order valence-electron chi connectivity index (χ2n) is 4.80. The first-order valence-electron chi connectivity index (χ1n) is 6.57. The molecule has 1 amide bonds. The summed E-state index contributed by atoms with van der Waals surface area (Å²) in [6.07, 6.45) is 2.04. The smallest absolute Gasteiger partial charge is 0.238 e. The van der Waals surface area contributed by atoms with Crippen molar-refractivity contribution in [1.82, 2.24) is 10.2 Å². The number of thioether (sulfide) groups is 1. The Morgan fingerprint density at radius 1 is 1.45 bits per heavy atom. The Morgan fingerprint density at radius 2 is 2.15 bits per heavy atom. The van der Waals surface area contributed by atoms with Crippen molar-refractivity contribution < 1.29 is 4.79 Å². The maximum Gasteiger partial charge on any atom is 0.238 e. The van der Waals surface area contributed by atoms with E-state index in [4.69, 9.17) is 0 Å². The molecule has 112 valence electrons. The molecule has 20 heavy (non-hydrogen) atoms. The van der Waals surface area contributed by atoms with Gasteiger partial charge in [-0.15, -0.1) is 24.2 Å². The zero-order chi connectivity index (χ0) is 13.7. The van der Waals surface area contributed by atoms with E-state index in [2.05, 4.69) is 22.5 Å². The molecule has 1 aliphatic rings. The quantitative estimate of drug-likeness (QED) is 0.835. The van der Waals surface area contributed by atoms with Gasteiger partial charge in [0.2, 0.25) is 5.91 Å². The zero-order valence-corrected chi connectivity index (χ0v) is 13.5. The summed E-state index contributed by atoms with van der Waals surface area (Å²) < 4.78 is 0. The van der Waals surface area contributed by atoms with E-state index in [1.165, 1.54) is 4.90 Å². The van der Waals surface area contributed by atoms with E-state index in [1.807, 2.05) is 30.5 Å². The molecule has 6 heteroatoms. The highest BCUT2D eigenvalue weighted by Crippen LogP contribution is 2.17. The highest BCUT2D eigenvalue weighted by molar-refractivity contribution is 7.98. The molecule has 4 nitrogen and oxygen atoms in total. The summed E-state index contributed by atoms with van der Waals surface area (Å²) in [7, 11) is 0. The molecule has 0 radical (unpaired) electrons. The number of nitrogens with zero attached hydrogens (tertiary/aromatic N) is 1. The van der Waals surface area contributed by atoms with Crippen LogP contribution in [-0.2, 0) is 4.79 Å². The van der Waals surface area contributed by atoms with E-state index in [9.17, 15) is 4.79 Å². The molecule has 1 fully saturated rings. The summed E-state index contributed by atoms with van der Waals surface area (Å²) in [5.41, 5.74) is 0.866. The Kier molecular flexibility index (Phi) is 7.37. The van der Waals surface area contributed by atoms with Crippen molar-refractivity contribution in [3.05, 3.63) is 24.3 Å². The van der Waals surface area contributed by atoms with Crippen molar-refractivity contribution in [1.29, 1.82) is 0 Å². The van der Waals surface area contributed by atoms with Gasteiger partial charge in [-0.05, 0) is 37.4 Å². The maximum atomic E-state index is 12.0. The van der Waals surface area contributed by atoms with Crippen LogP contribution in [0.5, 0.6) is 0 Å². The first kappa shape index (κ1) is 17.3. The van der Waals surface area contributed by atoms with Crippen LogP contribution in [0, 0.1) is 0 Å². The van der Waals surface area contributed by atoms with E-state index >= 15 is 0 Å². The fourth-order valence-corrected chi connectivity index (χ4v) is 2.59. The molecule has 2 N–H and O–H groups in total. The van der Waals surface area contributed by atoms with Crippen molar-refractivity contribution in [3.8, 4) is 0 Å². The van der Waals surface area contributed by atoms with Crippen LogP contribution < -0.4 is 10.6 Å². The summed E-state index contributed by atoms with van der Waals surface area (Å²) in [5, 5.41) is 6.28. The second-order valence-corrected chi connectivity index (χ2v) is 5.68. The van der Waals surface area contributed by atoms with Gasteiger partial charge in [0.15, 0.2) is 0 Å². The fraction of sp³-hybridized carbons (Fsp3) is 0.500. The second kappa shape index (κ2) is 8.52. The molecule has 0 saturated carbocycles. The Labute approximate surface area is 131 Å². The first-order valence-corrected chi connectivity index (χ1v) is 7.80. The van der Waals surface area contributed by atoms with Gasteiger partial charge in [-0.2, -0.15) is 0 Å². The van der Waals surface area contributed by atoms with Gasteiger partial charge in [0.25, 0.3) is 0 Å². The van der Waals surface area contributed by atoms with Crippen molar-refractivity contribution >= 4 is 35.8 Å². The summed E-state index contributed by atoms with van der Waals surface area (Å²) >= 11 is 1.70. The predicted octanol–water partition coefficient (Wildman–Crippen LogP) is 2.06. The number of nitrogens with one attached hydrogen (secondary N) is 2. The Balaban J connectivity index is 0.00000200. The number of benzene rings is 1. The van der Waals surface area contributed by atoms with E-state index < -0.39 is 0 Å². The van der Waals surface area contributed by atoms with Crippen LogP contribution in [0.3, 0.4) is 0 Å². The zero-order valence-electron chi connectivity index (χ0n) is 11.9. The van der Waals surface area contributed by atoms with Crippen LogP contribution in [0.4, 0.5) is 5.69 Å². The molecule has 1 heterocycles. The molecule has 0 aliphatic carbocycles. The normalized spacial score (nSPS) is 19.2. The van der Waals surface area contributed by atoms with Crippen LogP contribution in [0.1, 0.15) is 6.92 Å². The standard InChI is InChI=1S/C14H21N3OS.ClH/c1-11-9-15-7-8-17(11)10-14(18)16-12-3-5-13(19-2)6-4-12;/h3-6,11,15H,7-10H2,1-2H3,(H,16,18);1H/t11-;/m1./s1. The Hall–Kier alpha value is -0.750. The van der Waals surface area contributed by atoms with Gasteiger partial charge in [0.05, 0.1) is 6.54 Å². The Bertz CT molecular complexity index is 427. The molecule has 0 unspecified atom stereocenters. The van der Waals surface area contributed by atoms with Crippen LogP contribution in [-0.4, -0.2) is 49.3 Å². The monoisotopic (exact) mass is 315 g/mol. The third-order valence-electron chi connectivity index (χ3n) is 3.36. The van der Waals surface area contributed by atoms with Crippen LogP contribution in [0.15, 0.2) is 29.2 Å². The van der Waals surface area contributed by atoms with Crippen molar-refractivity contribution in [2.45, 2.75) is 17.9 Å². The van der Waals surface area contributed by atoms with Gasteiger partial charge in [-0.1, -0.05) is 0 Å². The van der Waals surface area contributed by atoms with Crippen molar-refractivity contribution in [2.24, 2.45) is 0 Å². The molecule has 1 aromatic carbocycles. The van der Waals surface area contributed by atoms with Crippen LogP contribution in [0.25, 0.3) is 0 Å². The minimum atomic E-state index is 0. The molecule has 0 aromatic heterocycles. The number of hydrogen-bond acceptors (Lipinski definition) is 4. The van der Waals surface area contributed by atoms with Gasteiger partial charge in [-0.3, -0.25) is 9.69 Å². The van der Waals surface area contributed by atoms with Crippen LogP contribution in [0.2, 0.25) is 0 Å². The van der Waals surface area contributed by atoms with Crippen molar-refractivity contribution in [3.63, 3.8) is 0 Å². The van der Waals surface area contributed by atoms with Crippen molar-refractivity contribution in [2.75, 3.05) is 37.8 Å². The summed E-state index contributed by atoms with van der Waals surface area (Å²) in [6, 6.07) is 8.36.